The highest BCUT2D eigenvalue weighted by molar-refractivity contribution is 6.01. The molecule has 2 rings (SSSR count). The third kappa shape index (κ3) is 3.19. The number of rotatable bonds is 4. The zero-order chi connectivity index (χ0) is 13.7. The zero-order valence-electron chi connectivity index (χ0n) is 10.2. The monoisotopic (exact) mass is 255 g/mol. The van der Waals surface area contributed by atoms with E-state index in [1.165, 1.54) is 0 Å². The summed E-state index contributed by atoms with van der Waals surface area (Å²) < 4.78 is 0. The molecule has 2 aromatic rings. The van der Waals surface area contributed by atoms with Crippen molar-refractivity contribution in [3.63, 3.8) is 0 Å². The number of carbonyl (C=O) groups excluding carboxylic acids is 2. The number of aromatic hydroxyl groups is 1. The summed E-state index contributed by atoms with van der Waals surface area (Å²) in [5, 5.41) is 12.0. The third-order valence-corrected chi connectivity index (χ3v) is 2.70. The molecule has 4 nitrogen and oxygen atoms in total. The zero-order valence-corrected chi connectivity index (χ0v) is 10.2. The van der Waals surface area contributed by atoms with Crippen molar-refractivity contribution in [2.75, 3.05) is 0 Å². The second-order valence-electron chi connectivity index (χ2n) is 4.06. The Morgan fingerprint density at radius 2 is 1.95 bits per heavy atom. The minimum Gasteiger partial charge on any atom is -0.508 e. The summed E-state index contributed by atoms with van der Waals surface area (Å²) in [7, 11) is 0. The first-order chi connectivity index (χ1) is 9.20. The molecule has 0 fully saturated rings. The van der Waals surface area contributed by atoms with Crippen LogP contribution in [0.4, 0.5) is 0 Å². The smallest absolute Gasteiger partial charge is 0.252 e. The predicted molar refractivity (Wildman–Crippen MR) is 71.1 cm³/mol. The van der Waals surface area contributed by atoms with Crippen molar-refractivity contribution in [2.24, 2.45) is 0 Å². The average Bonchev–Trinajstić information content (AvgIpc) is 2.45. The molecule has 96 valence electrons. The Balaban J connectivity index is 2.07. The summed E-state index contributed by atoms with van der Waals surface area (Å²) in [5.74, 6) is -0.161. The Morgan fingerprint density at radius 3 is 2.68 bits per heavy atom. The van der Waals surface area contributed by atoms with Gasteiger partial charge in [-0.1, -0.05) is 30.3 Å². The molecular formula is C15H13NO3. The second-order valence-corrected chi connectivity index (χ2v) is 4.06. The van der Waals surface area contributed by atoms with Gasteiger partial charge in [-0.15, -0.1) is 0 Å². The lowest BCUT2D eigenvalue weighted by molar-refractivity contribution is 0.0945. The summed E-state index contributed by atoms with van der Waals surface area (Å²) in [4.78, 5) is 22.8. The van der Waals surface area contributed by atoms with E-state index in [0.717, 1.165) is 5.56 Å². The maximum Gasteiger partial charge on any atom is 0.252 e. The molecule has 0 spiro atoms. The van der Waals surface area contributed by atoms with Crippen LogP contribution in [-0.2, 0) is 6.54 Å². The molecule has 0 unspecified atom stereocenters. The molecule has 19 heavy (non-hydrogen) atoms. The van der Waals surface area contributed by atoms with Crippen LogP contribution in [0.25, 0.3) is 0 Å². The van der Waals surface area contributed by atoms with Gasteiger partial charge in [0.25, 0.3) is 5.91 Å². The lowest BCUT2D eigenvalue weighted by atomic mass is 10.1. The molecule has 2 aromatic carbocycles. The molecule has 4 heteroatoms. The van der Waals surface area contributed by atoms with Crippen molar-refractivity contribution in [1.82, 2.24) is 5.32 Å². The molecule has 0 radical (unpaired) electrons. The van der Waals surface area contributed by atoms with Gasteiger partial charge in [0.1, 0.15) is 5.75 Å². The fourth-order valence-electron chi connectivity index (χ4n) is 1.75. The SMILES string of the molecule is O=Cc1ccccc1C(=O)NCc1cccc(O)c1. The van der Waals surface area contributed by atoms with Crippen molar-refractivity contribution < 1.29 is 14.7 Å². The van der Waals surface area contributed by atoms with Crippen molar-refractivity contribution in [3.05, 3.63) is 65.2 Å². The van der Waals surface area contributed by atoms with Crippen LogP contribution in [-0.4, -0.2) is 17.3 Å². The molecule has 0 aromatic heterocycles. The van der Waals surface area contributed by atoms with Crippen LogP contribution in [0, 0.1) is 0 Å². The van der Waals surface area contributed by atoms with Gasteiger partial charge in [-0.25, -0.2) is 0 Å². The number of nitrogens with one attached hydrogen (secondary N) is 1. The van der Waals surface area contributed by atoms with Crippen molar-refractivity contribution in [3.8, 4) is 5.75 Å². The number of benzene rings is 2. The molecule has 0 heterocycles. The largest absolute Gasteiger partial charge is 0.508 e. The van der Waals surface area contributed by atoms with E-state index in [1.54, 1.807) is 48.5 Å². The molecule has 0 bridgehead atoms. The predicted octanol–water partition coefficient (Wildman–Crippen LogP) is 2.13. The van der Waals surface area contributed by atoms with Gasteiger partial charge in [0.05, 0.1) is 0 Å². The number of hydrogen-bond acceptors (Lipinski definition) is 3. The number of phenols is 1. The number of phenolic OH excluding ortho intramolecular Hbond substituents is 1. The minimum atomic E-state index is -0.314. The Morgan fingerprint density at radius 1 is 1.16 bits per heavy atom. The molecule has 0 saturated carbocycles. The number of hydrogen-bond donors (Lipinski definition) is 2. The van der Waals surface area contributed by atoms with E-state index in [1.807, 2.05) is 0 Å². The summed E-state index contributed by atoms with van der Waals surface area (Å²) in [6.07, 6.45) is 0.656. The van der Waals surface area contributed by atoms with E-state index in [2.05, 4.69) is 5.32 Å². The highest BCUT2D eigenvalue weighted by atomic mass is 16.3. The van der Waals surface area contributed by atoms with Crippen molar-refractivity contribution >= 4 is 12.2 Å². The molecule has 1 amide bonds. The first-order valence-corrected chi connectivity index (χ1v) is 5.81. The Bertz CT molecular complexity index is 608. The molecule has 0 saturated heterocycles. The summed E-state index contributed by atoms with van der Waals surface area (Å²) in [6, 6.07) is 13.2. The highest BCUT2D eigenvalue weighted by Crippen LogP contribution is 2.11. The fourth-order valence-corrected chi connectivity index (χ4v) is 1.75. The molecule has 2 N–H and O–H groups in total. The van der Waals surface area contributed by atoms with Gasteiger partial charge < -0.3 is 10.4 Å². The van der Waals surface area contributed by atoms with Gasteiger partial charge in [0.15, 0.2) is 6.29 Å². The molecule has 0 aliphatic carbocycles. The number of amides is 1. The quantitative estimate of drug-likeness (QED) is 0.822. The Labute approximate surface area is 110 Å². The molecule has 0 atom stereocenters. The van der Waals surface area contributed by atoms with Crippen LogP contribution in [0.2, 0.25) is 0 Å². The van der Waals surface area contributed by atoms with Crippen molar-refractivity contribution in [1.29, 1.82) is 0 Å². The van der Waals surface area contributed by atoms with Gasteiger partial charge in [-0.2, -0.15) is 0 Å². The molecular weight excluding hydrogens is 242 g/mol. The van der Waals surface area contributed by atoms with E-state index < -0.39 is 0 Å². The second kappa shape index (κ2) is 5.82. The van der Waals surface area contributed by atoms with Gasteiger partial charge in [0.2, 0.25) is 0 Å². The van der Waals surface area contributed by atoms with E-state index in [4.69, 9.17) is 0 Å². The van der Waals surface area contributed by atoms with E-state index >= 15 is 0 Å². The Kier molecular flexibility index (Phi) is 3.93. The highest BCUT2D eigenvalue weighted by Gasteiger charge is 2.09. The molecule has 0 aliphatic rings. The molecule has 0 aliphatic heterocycles. The summed E-state index contributed by atoms with van der Waals surface area (Å²) in [5.41, 5.74) is 1.49. The maximum absolute atomic E-state index is 12.0. The topological polar surface area (TPSA) is 66.4 Å². The third-order valence-electron chi connectivity index (χ3n) is 2.70. The Hall–Kier alpha value is -2.62. The average molecular weight is 255 g/mol. The first kappa shape index (κ1) is 12.8. The lowest BCUT2D eigenvalue weighted by Gasteiger charge is -2.07. The van der Waals surface area contributed by atoms with Crippen LogP contribution < -0.4 is 5.32 Å². The van der Waals surface area contributed by atoms with Crippen LogP contribution in [0.1, 0.15) is 26.3 Å². The fraction of sp³-hybridized carbons (Fsp3) is 0.0667. The van der Waals surface area contributed by atoms with Gasteiger partial charge in [0, 0.05) is 17.7 Å². The number of aldehydes is 1. The maximum atomic E-state index is 12.0. The number of carbonyl (C=O) groups is 2. The minimum absolute atomic E-state index is 0.153. The van der Waals surface area contributed by atoms with Crippen LogP contribution in [0.15, 0.2) is 48.5 Å². The van der Waals surface area contributed by atoms with Gasteiger partial charge >= 0.3 is 0 Å². The summed E-state index contributed by atoms with van der Waals surface area (Å²) in [6.45, 7) is 0.292. The van der Waals surface area contributed by atoms with E-state index in [-0.39, 0.29) is 11.7 Å². The summed E-state index contributed by atoms with van der Waals surface area (Å²) >= 11 is 0. The lowest BCUT2D eigenvalue weighted by Crippen LogP contribution is -2.23. The van der Waals surface area contributed by atoms with Crippen molar-refractivity contribution in [2.45, 2.75) is 6.54 Å². The van der Waals surface area contributed by atoms with Crippen LogP contribution in [0.5, 0.6) is 5.75 Å². The van der Waals surface area contributed by atoms with E-state index in [0.29, 0.717) is 24.0 Å². The first-order valence-electron chi connectivity index (χ1n) is 5.81. The van der Waals surface area contributed by atoms with Gasteiger partial charge in [-0.05, 0) is 23.8 Å². The van der Waals surface area contributed by atoms with Crippen LogP contribution in [0.3, 0.4) is 0 Å². The van der Waals surface area contributed by atoms with Crippen LogP contribution >= 0.6 is 0 Å². The normalized spacial score (nSPS) is 9.89. The van der Waals surface area contributed by atoms with E-state index in [9.17, 15) is 14.7 Å². The standard InChI is InChI=1S/C15H13NO3/c17-10-12-5-1-2-7-14(12)15(19)16-9-11-4-3-6-13(18)8-11/h1-8,10,18H,9H2,(H,16,19). The van der Waals surface area contributed by atoms with Gasteiger partial charge in [-0.3, -0.25) is 9.59 Å².